The number of nitrogens with zero attached hydrogens (tertiary/aromatic N) is 1. The molecule has 2 heterocycles. The first-order chi connectivity index (χ1) is 29.3. The van der Waals surface area contributed by atoms with Gasteiger partial charge in [-0.3, -0.25) is 24.5 Å². The van der Waals surface area contributed by atoms with E-state index in [-0.39, 0.29) is 54.6 Å². The van der Waals surface area contributed by atoms with Crippen molar-refractivity contribution < 1.29 is 49.1 Å². The number of para-hydroxylation sites is 1. The molecule has 0 bridgehead atoms. The number of methoxy groups -OCH3 is 1. The third-order valence-electron chi connectivity index (χ3n) is 9.83. The number of aromatic nitrogens is 1. The fourth-order valence-corrected chi connectivity index (χ4v) is 6.94. The van der Waals surface area contributed by atoms with Crippen molar-refractivity contribution in [3.05, 3.63) is 117 Å². The van der Waals surface area contributed by atoms with E-state index in [1.54, 1.807) is 24.3 Å². The Kier molecular flexibility index (Phi) is 16.6. The lowest BCUT2D eigenvalue weighted by atomic mass is 10.0. The van der Waals surface area contributed by atoms with Crippen LogP contribution in [0.2, 0.25) is 5.02 Å². The molecule has 0 saturated carbocycles. The summed E-state index contributed by atoms with van der Waals surface area (Å²) in [5, 5.41) is 46.7. The number of H-pyrrole nitrogens is 1. The molecule has 4 aromatic carbocycles. The predicted octanol–water partition coefficient (Wildman–Crippen LogP) is 6.36. The van der Waals surface area contributed by atoms with E-state index in [0.717, 1.165) is 16.7 Å². The molecule has 322 valence electrons. The third-order valence-corrected chi connectivity index (χ3v) is 10.1. The number of aliphatic carboxylic acids is 2. The molecule has 2 amide bonds. The van der Waals surface area contributed by atoms with Crippen molar-refractivity contribution in [3.63, 3.8) is 0 Å². The second-order valence-corrected chi connectivity index (χ2v) is 14.6. The highest BCUT2D eigenvalue weighted by Crippen LogP contribution is 2.33. The van der Waals surface area contributed by atoms with Gasteiger partial charge in [0.15, 0.2) is 0 Å². The molecule has 1 aliphatic heterocycles. The first kappa shape index (κ1) is 45.6. The van der Waals surface area contributed by atoms with Crippen LogP contribution in [0, 0.1) is 0 Å². The summed E-state index contributed by atoms with van der Waals surface area (Å²) in [6.07, 6.45) is -0.650. The van der Waals surface area contributed by atoms with E-state index in [4.69, 9.17) is 31.3 Å². The molecule has 1 saturated heterocycles. The van der Waals surface area contributed by atoms with Crippen LogP contribution in [0.25, 0.3) is 22.0 Å². The average molecular weight is 858 g/mol. The molecule has 8 N–H and O–H groups in total. The molecular formula is C44H48ClN5O11. The van der Waals surface area contributed by atoms with Crippen LogP contribution >= 0.6 is 11.6 Å². The monoisotopic (exact) mass is 857 g/mol. The topological polar surface area (TPSA) is 240 Å². The highest BCUT2D eigenvalue weighted by Gasteiger charge is 2.24. The van der Waals surface area contributed by atoms with Crippen molar-refractivity contribution in [2.75, 3.05) is 43.9 Å². The fraction of sp³-hybridized carbons (Fsp3) is 0.295. The van der Waals surface area contributed by atoms with Gasteiger partial charge in [-0.2, -0.15) is 0 Å². The SMILES string of the molecule is COc1cc(NC(=O)CCN2CCC(OC(=O)Nc3ccccc3-c3ccccc3)CC2)c(Cl)cc1CNCC(O)c1ccc(O)c2[nH]c(=O)ccc12.O=C(O)CCC(=O)O. The minimum atomic E-state index is -1.08. The number of ether oxygens (including phenoxy) is 2. The number of phenols is 1. The Balaban J connectivity index is 0.000000800. The van der Waals surface area contributed by atoms with Gasteiger partial charge in [0.05, 0.1) is 48.0 Å². The number of pyridine rings is 1. The Morgan fingerprint density at radius 3 is 2.25 bits per heavy atom. The molecule has 1 aliphatic rings. The summed E-state index contributed by atoms with van der Waals surface area (Å²) in [6, 6.07) is 26.8. The maximum absolute atomic E-state index is 12.9. The number of aromatic amines is 1. The van der Waals surface area contributed by atoms with Crippen LogP contribution in [0.1, 0.15) is 49.3 Å². The maximum Gasteiger partial charge on any atom is 0.411 e. The molecule has 1 aromatic heterocycles. The zero-order valence-corrected chi connectivity index (χ0v) is 34.1. The zero-order valence-electron chi connectivity index (χ0n) is 33.4. The second-order valence-electron chi connectivity index (χ2n) is 14.1. The summed E-state index contributed by atoms with van der Waals surface area (Å²) < 4.78 is 11.3. The lowest BCUT2D eigenvalue weighted by molar-refractivity contribution is -0.143. The molecule has 0 spiro atoms. The molecule has 0 radical (unpaired) electrons. The van der Waals surface area contributed by atoms with Gasteiger partial charge >= 0.3 is 18.0 Å². The number of carbonyl (C=O) groups excluding carboxylic acids is 2. The number of hydrogen-bond acceptors (Lipinski definition) is 11. The third kappa shape index (κ3) is 13.5. The summed E-state index contributed by atoms with van der Waals surface area (Å²) in [7, 11) is 1.52. The number of carboxylic acids is 2. The number of halogens is 1. The van der Waals surface area contributed by atoms with Gasteiger partial charge in [0.2, 0.25) is 11.5 Å². The number of anilines is 2. The minimum absolute atomic E-state index is 0.0800. The number of amides is 2. The van der Waals surface area contributed by atoms with Gasteiger partial charge < -0.3 is 50.4 Å². The standard InChI is InChI=1S/C40H42ClN5O7.C4H6O4/c1-52-36-22-33(31(41)21-26(36)23-42-24-35(48)29-11-13-34(47)39-30(29)12-14-37(49)45-39)43-38(50)17-20-46-18-15-27(16-19-46)53-40(51)44-32-10-6-5-9-28(32)25-7-3-2-4-8-25;5-3(6)1-2-4(7)8/h2-14,21-22,27,35,42,47-48H,15-20,23-24H2,1H3,(H,43,50)(H,44,51)(H,45,49);1-2H2,(H,5,6)(H,7,8). The highest BCUT2D eigenvalue weighted by atomic mass is 35.5. The number of carboxylic acid groups (broad SMARTS) is 2. The second kappa shape index (κ2) is 22.2. The first-order valence-corrected chi connectivity index (χ1v) is 19.9. The van der Waals surface area contributed by atoms with E-state index in [1.807, 2.05) is 54.6 Å². The van der Waals surface area contributed by atoms with Crippen molar-refractivity contribution >= 4 is 57.8 Å². The normalized spacial score (nSPS) is 13.4. The van der Waals surface area contributed by atoms with Gasteiger partial charge in [0, 0.05) is 67.8 Å². The smallest absolute Gasteiger partial charge is 0.411 e. The largest absolute Gasteiger partial charge is 0.506 e. The van der Waals surface area contributed by atoms with E-state index >= 15 is 0 Å². The Bertz CT molecular complexity index is 2350. The number of fused-ring (bicyclic) bond motifs is 1. The van der Waals surface area contributed by atoms with Crippen molar-refractivity contribution in [1.29, 1.82) is 0 Å². The van der Waals surface area contributed by atoms with Crippen LogP contribution in [0.15, 0.2) is 95.8 Å². The number of nitrogens with one attached hydrogen (secondary N) is 4. The number of aliphatic hydroxyl groups is 1. The van der Waals surface area contributed by atoms with E-state index in [1.165, 1.54) is 19.2 Å². The minimum Gasteiger partial charge on any atom is -0.506 e. The molecule has 16 nitrogen and oxygen atoms in total. The van der Waals surface area contributed by atoms with Crippen LogP contribution < -0.4 is 26.2 Å². The van der Waals surface area contributed by atoms with Gasteiger partial charge in [-0.25, -0.2) is 4.79 Å². The number of piperidine rings is 1. The lowest BCUT2D eigenvalue weighted by Gasteiger charge is -2.31. The van der Waals surface area contributed by atoms with Crippen molar-refractivity contribution in [1.82, 2.24) is 15.2 Å². The van der Waals surface area contributed by atoms with Gasteiger partial charge in [0.25, 0.3) is 0 Å². The number of carbonyl (C=O) groups is 4. The predicted molar refractivity (Wildman–Crippen MR) is 230 cm³/mol. The summed E-state index contributed by atoms with van der Waals surface area (Å²) in [4.78, 5) is 61.5. The van der Waals surface area contributed by atoms with Crippen LogP contribution in [0.3, 0.4) is 0 Å². The fourth-order valence-electron chi connectivity index (χ4n) is 6.71. The van der Waals surface area contributed by atoms with Crippen LogP contribution in [0.4, 0.5) is 16.2 Å². The van der Waals surface area contributed by atoms with E-state index in [2.05, 4.69) is 25.8 Å². The number of likely N-dealkylation sites (tertiary alicyclic amines) is 1. The van der Waals surface area contributed by atoms with Crippen LogP contribution in [-0.2, 0) is 25.7 Å². The summed E-state index contributed by atoms with van der Waals surface area (Å²) in [5.74, 6) is -1.92. The number of phenolic OH excluding ortho intramolecular Hbond substituents is 1. The van der Waals surface area contributed by atoms with Crippen molar-refractivity contribution in [2.24, 2.45) is 0 Å². The number of benzene rings is 4. The van der Waals surface area contributed by atoms with Crippen LogP contribution in [-0.4, -0.2) is 93.6 Å². The quantitative estimate of drug-likeness (QED) is 0.0540. The Morgan fingerprint density at radius 2 is 1.56 bits per heavy atom. The van der Waals surface area contributed by atoms with E-state index in [9.17, 15) is 34.2 Å². The lowest BCUT2D eigenvalue weighted by Crippen LogP contribution is -2.39. The summed E-state index contributed by atoms with van der Waals surface area (Å²) >= 11 is 6.57. The Morgan fingerprint density at radius 1 is 0.869 bits per heavy atom. The van der Waals surface area contributed by atoms with Gasteiger partial charge in [0.1, 0.15) is 17.6 Å². The van der Waals surface area contributed by atoms with Gasteiger partial charge in [-0.05, 0) is 48.2 Å². The maximum atomic E-state index is 12.9. The van der Waals surface area contributed by atoms with Gasteiger partial charge in [-0.15, -0.1) is 0 Å². The number of aliphatic hydroxyl groups excluding tert-OH is 1. The number of aromatic hydroxyl groups is 1. The molecule has 1 unspecified atom stereocenters. The summed E-state index contributed by atoms with van der Waals surface area (Å²) in [6.45, 7) is 2.40. The van der Waals surface area contributed by atoms with E-state index in [0.29, 0.717) is 72.1 Å². The molecule has 61 heavy (non-hydrogen) atoms. The van der Waals surface area contributed by atoms with Crippen LogP contribution in [0.5, 0.6) is 11.5 Å². The molecule has 0 aliphatic carbocycles. The first-order valence-electron chi connectivity index (χ1n) is 19.5. The Labute approximate surface area is 356 Å². The molecule has 1 atom stereocenters. The zero-order chi connectivity index (χ0) is 43.9. The molecule has 17 heteroatoms. The summed E-state index contributed by atoms with van der Waals surface area (Å²) in [5.41, 5.74) is 4.21. The Hall–Kier alpha value is -6.46. The van der Waals surface area contributed by atoms with E-state index < -0.39 is 24.1 Å². The van der Waals surface area contributed by atoms with Gasteiger partial charge in [-0.1, -0.05) is 66.2 Å². The molecule has 1 fully saturated rings. The van der Waals surface area contributed by atoms with Crippen molar-refractivity contribution in [2.45, 2.75) is 50.9 Å². The van der Waals surface area contributed by atoms with Crippen molar-refractivity contribution in [3.8, 4) is 22.6 Å². The molecular weight excluding hydrogens is 810 g/mol. The highest BCUT2D eigenvalue weighted by molar-refractivity contribution is 6.33. The molecule has 5 aromatic rings. The number of hydrogen-bond donors (Lipinski definition) is 8. The number of rotatable bonds is 16. The average Bonchev–Trinajstić information content (AvgIpc) is 3.24. The molecule has 6 rings (SSSR count).